The predicted octanol–water partition coefficient (Wildman–Crippen LogP) is -0.441. The number of benzene rings is 1. The van der Waals surface area contributed by atoms with E-state index in [0.29, 0.717) is 11.3 Å². The number of pyridine rings is 2. The van der Waals surface area contributed by atoms with Gasteiger partial charge in [0.05, 0.1) is 11.7 Å². The first-order valence-corrected chi connectivity index (χ1v) is 12.3. The Morgan fingerprint density at radius 2 is 2.03 bits per heavy atom. The zero-order chi connectivity index (χ0) is 26.1. The van der Waals surface area contributed by atoms with Gasteiger partial charge in [0.15, 0.2) is 24.7 Å². The third-order valence-electron chi connectivity index (χ3n) is 6.06. The topological polar surface area (TPSA) is 154 Å². The Bertz CT molecular complexity index is 1490. The van der Waals surface area contributed by atoms with E-state index in [4.69, 9.17) is 10.6 Å². The number of nitrogens with two attached hydrogens (primary N) is 1. The smallest absolute Gasteiger partial charge is 0.276 e. The average molecular weight is 519 g/mol. The summed E-state index contributed by atoms with van der Waals surface area (Å²) in [7, 11) is 1.28. The maximum Gasteiger partial charge on any atom is 0.276 e. The van der Waals surface area contributed by atoms with Crippen molar-refractivity contribution in [2.24, 2.45) is 5.16 Å². The van der Waals surface area contributed by atoms with Gasteiger partial charge in [-0.2, -0.15) is 0 Å². The van der Waals surface area contributed by atoms with Gasteiger partial charge in [0.25, 0.3) is 11.8 Å². The van der Waals surface area contributed by atoms with Gasteiger partial charge in [0.2, 0.25) is 0 Å². The first kappa shape index (κ1) is 24.3. The molecule has 12 heteroatoms. The zero-order valence-corrected chi connectivity index (χ0v) is 20.5. The number of carbonyl (C=O) groups is 3. The van der Waals surface area contributed by atoms with Gasteiger partial charge in [-0.05, 0) is 23.6 Å². The van der Waals surface area contributed by atoms with Crippen LogP contribution in [0.4, 0.5) is 5.82 Å². The molecule has 0 saturated carbocycles. The minimum atomic E-state index is -1.44. The van der Waals surface area contributed by atoms with Crippen LogP contribution in [0.5, 0.6) is 0 Å². The Labute approximate surface area is 215 Å². The highest BCUT2D eigenvalue weighted by molar-refractivity contribution is 8.00. The van der Waals surface area contributed by atoms with Gasteiger partial charge in [-0.25, -0.2) is 9.55 Å². The Kier molecular flexibility index (Phi) is 6.49. The standard InChI is InChI=1S/C25H22N6O5S/c1-36-29-19(17-7-4-8-18(26)27-17)22(32)28-20-23(33)31-21(25(34)35)16(13-37-24(20)31)12-30-10-9-14-5-2-3-6-15(14)11-30/h2-11,20,24H,12-13H2,1H3,(H3-,26,27,28,32,34,35)/t20?,24-/m0/s1. The third kappa shape index (κ3) is 4.58. The lowest BCUT2D eigenvalue weighted by atomic mass is 10.0. The molecule has 2 amide bonds. The molecule has 1 unspecified atom stereocenters. The van der Waals surface area contributed by atoms with Gasteiger partial charge in [0.1, 0.15) is 30.0 Å². The predicted molar refractivity (Wildman–Crippen MR) is 133 cm³/mol. The summed E-state index contributed by atoms with van der Waals surface area (Å²) >= 11 is 1.36. The summed E-state index contributed by atoms with van der Waals surface area (Å²) in [6, 6.07) is 13.5. The van der Waals surface area contributed by atoms with Crippen LogP contribution in [0.2, 0.25) is 0 Å². The fraction of sp³-hybridized carbons (Fsp3) is 0.200. The molecule has 3 N–H and O–H groups in total. The summed E-state index contributed by atoms with van der Waals surface area (Å²) in [6.45, 7) is 0.278. The van der Waals surface area contributed by atoms with Crippen molar-refractivity contribution in [3.63, 3.8) is 0 Å². The van der Waals surface area contributed by atoms with E-state index in [1.807, 2.05) is 47.3 Å². The summed E-state index contributed by atoms with van der Waals surface area (Å²) < 4.78 is 1.87. The summed E-state index contributed by atoms with van der Waals surface area (Å²) in [6.07, 6.45) is 3.79. The van der Waals surface area contributed by atoms with Crippen molar-refractivity contribution in [2.75, 3.05) is 18.6 Å². The van der Waals surface area contributed by atoms with Crippen LogP contribution in [0.15, 0.2) is 77.4 Å². The minimum absolute atomic E-state index is 0.161. The second kappa shape index (κ2) is 9.90. The number of nitrogen functional groups attached to an aromatic ring is 1. The average Bonchev–Trinajstić information content (AvgIpc) is 2.89. The maximum absolute atomic E-state index is 13.0. The van der Waals surface area contributed by atoms with E-state index < -0.39 is 29.2 Å². The molecule has 2 aliphatic heterocycles. The van der Waals surface area contributed by atoms with E-state index in [0.717, 1.165) is 10.8 Å². The maximum atomic E-state index is 13.0. The highest BCUT2D eigenvalue weighted by Crippen LogP contribution is 2.40. The highest BCUT2D eigenvalue weighted by atomic mass is 32.2. The number of fused-ring (bicyclic) bond motifs is 2. The molecule has 0 aliphatic carbocycles. The van der Waals surface area contributed by atoms with Crippen LogP contribution >= 0.6 is 11.8 Å². The molecule has 3 aromatic rings. The number of anilines is 1. The number of carbonyl (C=O) groups excluding carboxylic acids is 3. The Morgan fingerprint density at radius 1 is 1.24 bits per heavy atom. The number of β-lactam (4-membered cyclic amide) rings is 1. The number of amides is 2. The SMILES string of the molecule is CON=C(C(=O)NC1C(=O)N2C(C(=O)[O-])=C(C[n+]3ccc4ccccc4c3)CS[C@@H]12)c1cccc(N)n1. The summed E-state index contributed by atoms with van der Waals surface area (Å²) in [4.78, 5) is 48.2. The molecule has 1 saturated heterocycles. The van der Waals surface area contributed by atoms with Crippen LogP contribution in [0, 0.1) is 0 Å². The van der Waals surface area contributed by atoms with Gasteiger partial charge in [0, 0.05) is 22.8 Å². The van der Waals surface area contributed by atoms with Gasteiger partial charge in [-0.3, -0.25) is 14.5 Å². The second-order valence-corrected chi connectivity index (χ2v) is 9.52. The molecule has 2 aromatic heterocycles. The molecule has 1 aromatic carbocycles. The lowest BCUT2D eigenvalue weighted by molar-refractivity contribution is -0.687. The molecule has 0 spiro atoms. The number of carboxylic acid groups (broad SMARTS) is 1. The van der Waals surface area contributed by atoms with Crippen LogP contribution in [0.1, 0.15) is 5.69 Å². The van der Waals surface area contributed by atoms with Gasteiger partial charge >= 0.3 is 0 Å². The van der Waals surface area contributed by atoms with Crippen LogP contribution in [-0.2, 0) is 25.8 Å². The van der Waals surface area contributed by atoms with Crippen LogP contribution < -0.4 is 20.7 Å². The Hall–Kier alpha value is -4.45. The van der Waals surface area contributed by atoms with Crippen LogP contribution in [0.3, 0.4) is 0 Å². The first-order valence-electron chi connectivity index (χ1n) is 11.3. The van der Waals surface area contributed by atoms with E-state index in [9.17, 15) is 19.5 Å². The first-order chi connectivity index (χ1) is 17.9. The zero-order valence-electron chi connectivity index (χ0n) is 19.7. The summed E-state index contributed by atoms with van der Waals surface area (Å²) in [5, 5.41) is 19.9. The van der Waals surface area contributed by atoms with Crippen LogP contribution in [-0.4, -0.2) is 57.7 Å². The number of nitrogens with zero attached hydrogens (tertiary/aromatic N) is 4. The number of aromatic nitrogens is 2. The number of rotatable bonds is 7. The molecule has 0 bridgehead atoms. The number of oxime groups is 1. The van der Waals surface area contributed by atoms with Gasteiger partial charge < -0.3 is 25.8 Å². The number of nitrogens with one attached hydrogen (secondary N) is 1. The molecule has 0 radical (unpaired) electrons. The molecule has 1 fully saturated rings. The lowest BCUT2D eigenvalue weighted by Gasteiger charge is -2.50. The van der Waals surface area contributed by atoms with Gasteiger partial charge in [-0.15, -0.1) is 11.8 Å². The molecule has 2 aliphatic rings. The van der Waals surface area contributed by atoms with E-state index in [1.165, 1.54) is 29.8 Å². The van der Waals surface area contributed by atoms with E-state index in [2.05, 4.69) is 15.5 Å². The monoisotopic (exact) mass is 518 g/mol. The minimum Gasteiger partial charge on any atom is -0.543 e. The fourth-order valence-corrected chi connectivity index (χ4v) is 5.71. The quantitative estimate of drug-likeness (QED) is 0.185. The van der Waals surface area contributed by atoms with Crippen molar-refractivity contribution in [1.29, 1.82) is 0 Å². The molecular weight excluding hydrogens is 496 g/mol. The Morgan fingerprint density at radius 3 is 2.76 bits per heavy atom. The molecule has 37 heavy (non-hydrogen) atoms. The molecule has 11 nitrogen and oxygen atoms in total. The summed E-state index contributed by atoms with van der Waals surface area (Å²) in [5.41, 5.74) is 6.10. The van der Waals surface area contributed by atoms with Crippen molar-refractivity contribution >= 4 is 51.8 Å². The Balaban J connectivity index is 1.36. The fourth-order valence-electron chi connectivity index (χ4n) is 4.38. The lowest BCUT2D eigenvalue weighted by Crippen LogP contribution is -2.71. The van der Waals surface area contributed by atoms with E-state index >= 15 is 0 Å². The number of thioether (sulfide) groups is 1. The number of hydrogen-bond donors (Lipinski definition) is 2. The van der Waals surface area contributed by atoms with Crippen molar-refractivity contribution in [2.45, 2.75) is 18.0 Å². The largest absolute Gasteiger partial charge is 0.543 e. The molecule has 5 rings (SSSR count). The molecule has 4 heterocycles. The highest BCUT2D eigenvalue weighted by Gasteiger charge is 2.53. The van der Waals surface area contributed by atoms with Crippen molar-refractivity contribution in [1.82, 2.24) is 15.2 Å². The number of carboxylic acids is 1. The van der Waals surface area contributed by atoms with E-state index in [1.54, 1.807) is 12.1 Å². The van der Waals surface area contributed by atoms with Crippen molar-refractivity contribution < 1.29 is 28.9 Å². The second-order valence-electron chi connectivity index (χ2n) is 8.42. The number of hydrogen-bond acceptors (Lipinski definition) is 9. The molecule has 188 valence electrons. The van der Waals surface area contributed by atoms with E-state index in [-0.39, 0.29) is 29.5 Å². The normalized spacial score (nSPS) is 19.3. The van der Waals surface area contributed by atoms with Crippen LogP contribution in [0.25, 0.3) is 10.8 Å². The number of aliphatic carboxylic acids is 1. The summed E-state index contributed by atoms with van der Waals surface area (Å²) in [5.74, 6) is -2.16. The third-order valence-corrected chi connectivity index (χ3v) is 7.40. The van der Waals surface area contributed by atoms with Crippen molar-refractivity contribution in [3.8, 4) is 0 Å². The molecule has 2 atom stereocenters. The van der Waals surface area contributed by atoms with Crippen molar-refractivity contribution in [3.05, 3.63) is 77.9 Å². The molecular formula is C25H22N6O5S. The van der Waals surface area contributed by atoms with Gasteiger partial charge in [-0.1, -0.05) is 29.4 Å².